The van der Waals surface area contributed by atoms with Crippen molar-refractivity contribution in [3.63, 3.8) is 0 Å². The van der Waals surface area contributed by atoms with Crippen LogP contribution in [0.5, 0.6) is 0 Å². The Labute approximate surface area is 378 Å². The van der Waals surface area contributed by atoms with Gasteiger partial charge in [0.05, 0.1) is 0 Å². The molecule has 9 aromatic carbocycles. The van der Waals surface area contributed by atoms with E-state index in [1.54, 1.807) is 0 Å². The Hall–Kier alpha value is -6.28. The minimum Gasteiger partial charge on any atom is -0.288 e. The summed E-state index contributed by atoms with van der Waals surface area (Å²) in [5, 5.41) is 0. The summed E-state index contributed by atoms with van der Waals surface area (Å²) in [5.74, 6) is -0.279. The first-order chi connectivity index (χ1) is 30.6. The van der Waals surface area contributed by atoms with Crippen molar-refractivity contribution in [3.05, 3.63) is 241 Å². The zero-order valence-corrected chi connectivity index (χ0v) is 36.5. The molecule has 62 heavy (non-hydrogen) atoms. The smallest absolute Gasteiger partial charge is 0.196 e. The molecule has 1 aliphatic carbocycles. The number of ketones is 2. The molecule has 0 unspecified atom stereocenters. The van der Waals surface area contributed by atoms with Crippen LogP contribution in [0.2, 0.25) is 0 Å². The van der Waals surface area contributed by atoms with Gasteiger partial charge in [-0.2, -0.15) is 0 Å². The molecule has 0 aromatic heterocycles. The third-order valence-electron chi connectivity index (χ3n) is 10.7. The average molecular weight is 869 g/mol. The van der Waals surface area contributed by atoms with Crippen LogP contribution in [0.3, 0.4) is 0 Å². The van der Waals surface area contributed by atoms with Crippen molar-refractivity contribution in [2.75, 3.05) is 0 Å². The minimum atomic E-state index is -0.140. The second kappa shape index (κ2) is 18.0. The van der Waals surface area contributed by atoms with E-state index in [9.17, 15) is 0 Å². The fourth-order valence-electron chi connectivity index (χ4n) is 7.66. The topological polar surface area (TPSA) is 34.1 Å². The predicted octanol–water partition coefficient (Wildman–Crippen LogP) is 16.1. The normalized spacial score (nSPS) is 11.9. The van der Waals surface area contributed by atoms with Gasteiger partial charge in [-0.25, -0.2) is 0 Å². The maximum absolute atomic E-state index is 15.6. The summed E-state index contributed by atoms with van der Waals surface area (Å²) in [6, 6.07) is 74.2. The second-order valence-corrected chi connectivity index (χ2v) is 19.1. The SMILES string of the molecule is O=C1c2c(Sc3ccccc3)ccc(Sc3ccc(-c4ccccc4)cc3)c2C(=O)c2c(Sc3ccc(-c4ccccc4)cc3)ccc(Sc3ccc(-c4ccccc4)cc3)c21. The van der Waals surface area contributed by atoms with E-state index in [1.807, 2.05) is 109 Å². The van der Waals surface area contributed by atoms with E-state index in [0.29, 0.717) is 22.3 Å². The lowest BCUT2D eigenvalue weighted by atomic mass is 9.84. The lowest BCUT2D eigenvalue weighted by molar-refractivity contribution is 0.0970. The zero-order valence-electron chi connectivity index (χ0n) is 33.2. The lowest BCUT2D eigenvalue weighted by Gasteiger charge is -2.26. The van der Waals surface area contributed by atoms with Crippen LogP contribution in [0.25, 0.3) is 33.4 Å². The van der Waals surface area contributed by atoms with Gasteiger partial charge in [0.25, 0.3) is 0 Å². The molecular weight excluding hydrogens is 833 g/mol. The van der Waals surface area contributed by atoms with Crippen molar-refractivity contribution < 1.29 is 9.59 Å². The summed E-state index contributed by atoms with van der Waals surface area (Å²) in [6.45, 7) is 0. The van der Waals surface area contributed by atoms with Crippen molar-refractivity contribution in [3.8, 4) is 33.4 Å². The van der Waals surface area contributed by atoms with Crippen LogP contribution >= 0.6 is 47.0 Å². The van der Waals surface area contributed by atoms with Crippen LogP contribution in [0.15, 0.2) is 258 Å². The fraction of sp³-hybridized carbons (Fsp3) is 0. The largest absolute Gasteiger partial charge is 0.288 e. The van der Waals surface area contributed by atoms with Gasteiger partial charge in [-0.15, -0.1) is 0 Å². The van der Waals surface area contributed by atoms with E-state index in [1.165, 1.54) is 47.0 Å². The standard InChI is InChI=1S/C56H36O2S4/c57-55-51-47(59-43-19-11-4-12-20-43)33-34-48(60-44-27-21-40(22-28-44)37-13-5-1-6-14-37)52(51)56(58)54-50(62-46-31-25-42(26-32-46)39-17-9-3-10-18-39)36-35-49(53(54)55)61-45-29-23-41(24-30-45)38-15-7-2-8-16-38/h1-36H. The molecule has 0 heterocycles. The van der Waals surface area contributed by atoms with Crippen LogP contribution in [0.1, 0.15) is 31.8 Å². The van der Waals surface area contributed by atoms with Crippen molar-refractivity contribution in [2.24, 2.45) is 0 Å². The van der Waals surface area contributed by atoms with E-state index >= 15 is 9.59 Å². The molecule has 0 N–H and O–H groups in total. The highest BCUT2D eigenvalue weighted by molar-refractivity contribution is 8.00. The summed E-state index contributed by atoms with van der Waals surface area (Å²) in [5.41, 5.74) is 8.58. The Balaban J connectivity index is 1.08. The molecule has 6 heteroatoms. The van der Waals surface area contributed by atoms with Crippen molar-refractivity contribution in [1.82, 2.24) is 0 Å². The molecule has 0 saturated heterocycles. The van der Waals surface area contributed by atoms with Gasteiger partial charge in [0.15, 0.2) is 11.6 Å². The second-order valence-electron chi connectivity index (χ2n) is 14.7. The minimum absolute atomic E-state index is 0.139. The number of benzene rings is 9. The molecule has 9 aromatic rings. The molecule has 1 aliphatic rings. The van der Waals surface area contributed by atoms with Gasteiger partial charge in [-0.3, -0.25) is 9.59 Å². The van der Waals surface area contributed by atoms with Crippen LogP contribution in [-0.2, 0) is 0 Å². The molecule has 0 spiro atoms. The molecule has 0 radical (unpaired) electrons. The van der Waals surface area contributed by atoms with Gasteiger partial charge in [0, 0.05) is 61.4 Å². The van der Waals surface area contributed by atoms with E-state index in [2.05, 4.69) is 109 Å². The van der Waals surface area contributed by atoms with Gasteiger partial charge >= 0.3 is 0 Å². The molecule has 0 bridgehead atoms. The Bertz CT molecular complexity index is 3040. The number of fused-ring (bicyclic) bond motifs is 2. The van der Waals surface area contributed by atoms with Crippen LogP contribution in [0.4, 0.5) is 0 Å². The van der Waals surface area contributed by atoms with Crippen molar-refractivity contribution in [1.29, 1.82) is 0 Å². The fourth-order valence-corrected chi connectivity index (χ4v) is 11.5. The van der Waals surface area contributed by atoms with Crippen LogP contribution in [-0.4, -0.2) is 11.6 Å². The molecule has 2 nitrogen and oxygen atoms in total. The summed E-state index contributed by atoms with van der Waals surface area (Å²) in [7, 11) is 0. The molecule has 0 aliphatic heterocycles. The van der Waals surface area contributed by atoms with Gasteiger partial charge in [0.1, 0.15) is 0 Å². The van der Waals surface area contributed by atoms with Crippen LogP contribution < -0.4 is 0 Å². The summed E-state index contributed by atoms with van der Waals surface area (Å²) < 4.78 is 0. The molecular formula is C56H36O2S4. The van der Waals surface area contributed by atoms with Gasteiger partial charge < -0.3 is 0 Å². The maximum Gasteiger partial charge on any atom is 0.196 e. The Morgan fingerprint density at radius 2 is 0.419 bits per heavy atom. The Kier molecular flexibility index (Phi) is 11.6. The first-order valence-corrected chi connectivity index (χ1v) is 23.5. The van der Waals surface area contributed by atoms with E-state index in [4.69, 9.17) is 0 Å². The highest BCUT2D eigenvalue weighted by Crippen LogP contribution is 2.48. The summed E-state index contributed by atoms with van der Waals surface area (Å²) in [4.78, 5) is 38.1. The van der Waals surface area contributed by atoms with E-state index in [-0.39, 0.29) is 11.6 Å². The number of hydrogen-bond donors (Lipinski definition) is 0. The monoisotopic (exact) mass is 868 g/mol. The number of hydrogen-bond acceptors (Lipinski definition) is 6. The first kappa shape index (κ1) is 39.8. The third-order valence-corrected chi connectivity index (χ3v) is 15.0. The molecule has 0 fully saturated rings. The van der Waals surface area contributed by atoms with Crippen molar-refractivity contribution in [2.45, 2.75) is 39.2 Å². The van der Waals surface area contributed by atoms with Gasteiger partial charge in [-0.05, 0) is 106 Å². The van der Waals surface area contributed by atoms with E-state index < -0.39 is 0 Å². The number of rotatable bonds is 11. The lowest BCUT2D eigenvalue weighted by Crippen LogP contribution is -2.24. The third kappa shape index (κ3) is 8.35. The molecule has 0 amide bonds. The number of carbonyl (C=O) groups is 2. The summed E-state index contributed by atoms with van der Waals surface area (Å²) in [6.07, 6.45) is 0. The number of carbonyl (C=O) groups excluding carboxylic acids is 2. The quantitative estimate of drug-likeness (QED) is 0.129. The van der Waals surface area contributed by atoms with E-state index in [0.717, 1.165) is 72.5 Å². The highest BCUT2D eigenvalue weighted by atomic mass is 32.2. The molecule has 0 saturated carbocycles. The van der Waals surface area contributed by atoms with Crippen molar-refractivity contribution >= 4 is 58.6 Å². The first-order valence-electron chi connectivity index (χ1n) is 20.2. The molecule has 10 rings (SSSR count). The average Bonchev–Trinajstić information content (AvgIpc) is 3.33. The maximum atomic E-state index is 15.6. The predicted molar refractivity (Wildman–Crippen MR) is 258 cm³/mol. The highest BCUT2D eigenvalue weighted by Gasteiger charge is 2.38. The van der Waals surface area contributed by atoms with Gasteiger partial charge in [-0.1, -0.05) is 193 Å². The van der Waals surface area contributed by atoms with Crippen LogP contribution in [0, 0.1) is 0 Å². The van der Waals surface area contributed by atoms with Gasteiger partial charge in [0.2, 0.25) is 0 Å². The zero-order chi connectivity index (χ0) is 41.8. The molecule has 296 valence electrons. The molecule has 0 atom stereocenters. The Morgan fingerprint density at radius 3 is 0.677 bits per heavy atom. The Morgan fingerprint density at radius 1 is 0.210 bits per heavy atom. The summed E-state index contributed by atoms with van der Waals surface area (Å²) >= 11 is 6.09.